The summed E-state index contributed by atoms with van der Waals surface area (Å²) in [5.74, 6) is 0.0612. The summed E-state index contributed by atoms with van der Waals surface area (Å²) in [5, 5.41) is 0. The summed E-state index contributed by atoms with van der Waals surface area (Å²) in [6.07, 6.45) is 13.5. The molecule has 1 rings (SSSR count). The van der Waals surface area contributed by atoms with Crippen LogP contribution in [0.3, 0.4) is 0 Å². The number of rotatable bonds is 3. The molecule has 2 nitrogen and oxygen atoms in total. The Morgan fingerprint density at radius 2 is 1.93 bits per heavy atom. The molecule has 0 aromatic heterocycles. The Kier molecular flexibility index (Phi) is 3.92. The van der Waals surface area contributed by atoms with Crippen molar-refractivity contribution in [2.75, 3.05) is 6.54 Å². The Bertz CT molecular complexity index is 283. The number of allylic oxidation sites excluding steroid dienone is 4. The minimum absolute atomic E-state index is 0.0421. The van der Waals surface area contributed by atoms with Crippen LogP contribution in [0.2, 0.25) is 0 Å². The van der Waals surface area contributed by atoms with Crippen LogP contribution in [0.5, 0.6) is 0 Å². The third kappa shape index (κ3) is 2.73. The van der Waals surface area contributed by atoms with E-state index >= 15 is 0 Å². The lowest BCUT2D eigenvalue weighted by atomic mass is 10.2. The Morgan fingerprint density at radius 1 is 1.36 bits per heavy atom. The summed E-state index contributed by atoms with van der Waals surface area (Å²) in [6, 6.07) is 0.0421. The fourth-order valence-corrected chi connectivity index (χ4v) is 1.36. The second-order valence-electron chi connectivity index (χ2n) is 3.11. The van der Waals surface area contributed by atoms with Gasteiger partial charge in [0.15, 0.2) is 0 Å². The van der Waals surface area contributed by atoms with Gasteiger partial charge in [-0.2, -0.15) is 0 Å². The number of nitrogens with zero attached hydrogens (tertiary/aromatic N) is 1. The lowest BCUT2D eigenvalue weighted by Gasteiger charge is -2.24. The number of amides is 1. The Balaban J connectivity index is 2.77. The predicted octanol–water partition coefficient (Wildman–Crippen LogP) is 2.07. The van der Waals surface area contributed by atoms with Gasteiger partial charge in [-0.1, -0.05) is 42.5 Å². The minimum Gasteiger partial charge on any atom is -0.329 e. The van der Waals surface area contributed by atoms with E-state index in [0.29, 0.717) is 6.54 Å². The van der Waals surface area contributed by atoms with Crippen LogP contribution in [-0.4, -0.2) is 23.4 Å². The van der Waals surface area contributed by atoms with Crippen molar-refractivity contribution < 1.29 is 4.79 Å². The molecule has 0 N–H and O–H groups in total. The highest BCUT2D eigenvalue weighted by Crippen LogP contribution is 2.07. The zero-order valence-electron chi connectivity index (χ0n) is 8.39. The first kappa shape index (κ1) is 10.5. The molecule has 0 saturated heterocycles. The van der Waals surface area contributed by atoms with E-state index in [0.717, 1.165) is 0 Å². The Morgan fingerprint density at radius 3 is 2.36 bits per heavy atom. The number of carbonyl (C=O) groups is 1. The van der Waals surface area contributed by atoms with E-state index in [1.54, 1.807) is 17.9 Å². The predicted molar refractivity (Wildman–Crippen MR) is 58.8 cm³/mol. The van der Waals surface area contributed by atoms with E-state index in [9.17, 15) is 4.79 Å². The molecule has 0 bridgehead atoms. The lowest BCUT2D eigenvalue weighted by Crippen LogP contribution is -2.36. The van der Waals surface area contributed by atoms with Crippen LogP contribution in [0.25, 0.3) is 0 Å². The molecule has 0 atom stereocenters. The van der Waals surface area contributed by atoms with Gasteiger partial charge in [0.05, 0.1) is 6.04 Å². The Hall–Kier alpha value is -1.57. The molecule has 0 aromatic rings. The van der Waals surface area contributed by atoms with E-state index in [1.807, 2.05) is 36.5 Å². The molecule has 1 aliphatic carbocycles. The summed E-state index contributed by atoms with van der Waals surface area (Å²) in [4.78, 5) is 13.1. The van der Waals surface area contributed by atoms with Crippen molar-refractivity contribution in [1.82, 2.24) is 4.90 Å². The fourth-order valence-electron chi connectivity index (χ4n) is 1.36. The molecule has 0 saturated carbocycles. The van der Waals surface area contributed by atoms with Gasteiger partial charge in [-0.15, -0.1) is 6.58 Å². The molecule has 74 valence electrons. The minimum atomic E-state index is 0.0421. The zero-order valence-corrected chi connectivity index (χ0v) is 8.39. The van der Waals surface area contributed by atoms with Gasteiger partial charge in [0.2, 0.25) is 5.91 Å². The van der Waals surface area contributed by atoms with Gasteiger partial charge in [-0.05, 0) is 0 Å². The van der Waals surface area contributed by atoms with E-state index in [2.05, 4.69) is 6.58 Å². The first-order valence-corrected chi connectivity index (χ1v) is 4.65. The summed E-state index contributed by atoms with van der Waals surface area (Å²) >= 11 is 0. The van der Waals surface area contributed by atoms with Crippen LogP contribution >= 0.6 is 0 Å². The average Bonchev–Trinajstić information content (AvgIpc) is 2.41. The average molecular weight is 189 g/mol. The van der Waals surface area contributed by atoms with E-state index in [1.165, 1.54) is 0 Å². The molecule has 0 spiro atoms. The van der Waals surface area contributed by atoms with Crippen molar-refractivity contribution in [3.8, 4) is 0 Å². The topological polar surface area (TPSA) is 20.3 Å². The molecule has 0 fully saturated rings. The van der Waals surface area contributed by atoms with Crippen LogP contribution in [0, 0.1) is 0 Å². The third-order valence-corrected chi connectivity index (χ3v) is 2.04. The van der Waals surface area contributed by atoms with Gasteiger partial charge < -0.3 is 4.90 Å². The first-order valence-electron chi connectivity index (χ1n) is 4.65. The van der Waals surface area contributed by atoms with Gasteiger partial charge in [0, 0.05) is 13.5 Å². The SMILES string of the molecule is C=CCN(C(C)=O)C1C=CC=CC=C1. The number of hydrogen-bond donors (Lipinski definition) is 0. The molecule has 1 amide bonds. The van der Waals surface area contributed by atoms with Gasteiger partial charge >= 0.3 is 0 Å². The van der Waals surface area contributed by atoms with Crippen LogP contribution in [0.1, 0.15) is 6.92 Å². The number of carbonyl (C=O) groups excluding carboxylic acids is 1. The molecule has 14 heavy (non-hydrogen) atoms. The highest BCUT2D eigenvalue weighted by Gasteiger charge is 2.14. The summed E-state index contributed by atoms with van der Waals surface area (Å²) < 4.78 is 0. The monoisotopic (exact) mass is 189 g/mol. The molecule has 1 aliphatic rings. The van der Waals surface area contributed by atoms with Crippen molar-refractivity contribution in [2.45, 2.75) is 13.0 Å². The third-order valence-electron chi connectivity index (χ3n) is 2.04. The maximum Gasteiger partial charge on any atom is 0.220 e. The fraction of sp³-hybridized carbons (Fsp3) is 0.250. The van der Waals surface area contributed by atoms with Crippen LogP contribution < -0.4 is 0 Å². The molecule has 0 heterocycles. The highest BCUT2D eigenvalue weighted by molar-refractivity contribution is 5.74. The summed E-state index contributed by atoms with van der Waals surface area (Å²) in [7, 11) is 0. The van der Waals surface area contributed by atoms with E-state index in [-0.39, 0.29) is 11.9 Å². The van der Waals surface area contributed by atoms with Crippen LogP contribution in [0.4, 0.5) is 0 Å². The van der Waals surface area contributed by atoms with Crippen molar-refractivity contribution >= 4 is 5.91 Å². The number of hydrogen-bond acceptors (Lipinski definition) is 1. The van der Waals surface area contributed by atoms with Crippen LogP contribution in [0.15, 0.2) is 49.1 Å². The Labute approximate surface area is 84.9 Å². The standard InChI is InChI=1S/C12H15NO/c1-3-10-13(11(2)14)12-8-6-4-5-7-9-12/h3-9,12H,1,10H2,2H3. The quantitative estimate of drug-likeness (QED) is 0.622. The smallest absolute Gasteiger partial charge is 0.220 e. The van der Waals surface area contributed by atoms with Crippen LogP contribution in [-0.2, 0) is 4.79 Å². The molecule has 2 heteroatoms. The lowest BCUT2D eigenvalue weighted by molar-refractivity contribution is -0.128. The van der Waals surface area contributed by atoms with Gasteiger partial charge in [-0.25, -0.2) is 0 Å². The van der Waals surface area contributed by atoms with Crippen molar-refractivity contribution in [1.29, 1.82) is 0 Å². The molecule has 0 radical (unpaired) electrons. The molecular formula is C12H15NO. The van der Waals surface area contributed by atoms with Gasteiger partial charge in [0.1, 0.15) is 0 Å². The van der Waals surface area contributed by atoms with Gasteiger partial charge in [0.25, 0.3) is 0 Å². The second-order valence-corrected chi connectivity index (χ2v) is 3.11. The molecule has 0 unspecified atom stereocenters. The van der Waals surface area contributed by atoms with Crippen molar-refractivity contribution in [3.05, 3.63) is 49.1 Å². The zero-order chi connectivity index (χ0) is 10.4. The molecule has 0 aliphatic heterocycles. The highest BCUT2D eigenvalue weighted by atomic mass is 16.2. The van der Waals surface area contributed by atoms with E-state index < -0.39 is 0 Å². The van der Waals surface area contributed by atoms with E-state index in [4.69, 9.17) is 0 Å². The summed E-state index contributed by atoms with van der Waals surface area (Å²) in [5.41, 5.74) is 0. The normalized spacial score (nSPS) is 15.2. The van der Waals surface area contributed by atoms with Gasteiger partial charge in [-0.3, -0.25) is 4.79 Å². The maximum atomic E-state index is 11.3. The van der Waals surface area contributed by atoms with Crippen molar-refractivity contribution in [2.24, 2.45) is 0 Å². The second kappa shape index (κ2) is 5.22. The molecule has 0 aromatic carbocycles. The first-order chi connectivity index (χ1) is 6.75. The maximum absolute atomic E-state index is 11.3. The largest absolute Gasteiger partial charge is 0.329 e. The van der Waals surface area contributed by atoms with Crippen molar-refractivity contribution in [3.63, 3.8) is 0 Å². The summed E-state index contributed by atoms with van der Waals surface area (Å²) in [6.45, 7) is 5.79. The molecular weight excluding hydrogens is 174 g/mol.